The minimum absolute atomic E-state index is 0.731. The van der Waals surface area contributed by atoms with Crippen LogP contribution in [-0.2, 0) is 6.54 Å². The molecule has 1 aromatic rings. The van der Waals surface area contributed by atoms with Crippen LogP contribution in [0.15, 0.2) is 17.5 Å². The average molecular weight is 224 g/mol. The van der Waals surface area contributed by atoms with E-state index in [2.05, 4.69) is 34.7 Å². The summed E-state index contributed by atoms with van der Waals surface area (Å²) in [5.41, 5.74) is 0. The van der Waals surface area contributed by atoms with E-state index < -0.39 is 0 Å². The van der Waals surface area contributed by atoms with Crippen LogP contribution in [0.25, 0.3) is 0 Å². The van der Waals surface area contributed by atoms with Crippen LogP contribution in [0.2, 0.25) is 0 Å². The first kappa shape index (κ1) is 11.1. The highest BCUT2D eigenvalue weighted by molar-refractivity contribution is 7.09. The summed E-state index contributed by atoms with van der Waals surface area (Å²) in [6.45, 7) is 7.03. The first-order chi connectivity index (χ1) is 7.38. The normalized spacial score (nSPS) is 19.5. The van der Waals surface area contributed by atoms with E-state index in [0.717, 1.165) is 12.6 Å². The number of likely N-dealkylation sites (tertiary alicyclic amines) is 1. The van der Waals surface area contributed by atoms with Crippen molar-refractivity contribution in [2.45, 2.75) is 32.4 Å². The van der Waals surface area contributed by atoms with Crippen molar-refractivity contribution in [1.29, 1.82) is 0 Å². The molecule has 0 spiro atoms. The average Bonchev–Trinajstić information content (AvgIpc) is 2.80. The van der Waals surface area contributed by atoms with Gasteiger partial charge in [-0.15, -0.1) is 11.3 Å². The van der Waals surface area contributed by atoms with Crippen molar-refractivity contribution in [1.82, 2.24) is 10.2 Å². The van der Waals surface area contributed by atoms with Gasteiger partial charge in [0.25, 0.3) is 0 Å². The van der Waals surface area contributed by atoms with Crippen LogP contribution < -0.4 is 5.32 Å². The van der Waals surface area contributed by atoms with Gasteiger partial charge in [0.15, 0.2) is 0 Å². The molecule has 1 aromatic heterocycles. The van der Waals surface area contributed by atoms with Gasteiger partial charge in [-0.05, 0) is 43.9 Å². The van der Waals surface area contributed by atoms with Crippen molar-refractivity contribution >= 4 is 11.3 Å². The number of hydrogen-bond acceptors (Lipinski definition) is 3. The van der Waals surface area contributed by atoms with Gasteiger partial charge in [0.2, 0.25) is 0 Å². The Morgan fingerprint density at radius 1 is 1.47 bits per heavy atom. The Kier molecular flexibility index (Phi) is 4.18. The van der Waals surface area contributed by atoms with Gasteiger partial charge < -0.3 is 10.2 Å². The predicted octanol–water partition coefficient (Wildman–Crippen LogP) is 2.32. The molecule has 1 saturated heterocycles. The molecule has 0 atom stereocenters. The Bertz CT molecular complexity index is 263. The molecule has 2 heterocycles. The smallest absolute Gasteiger partial charge is 0.0302 e. The second kappa shape index (κ2) is 5.64. The lowest BCUT2D eigenvalue weighted by molar-refractivity contribution is 0.206. The molecule has 0 amide bonds. The number of piperidine rings is 1. The van der Waals surface area contributed by atoms with E-state index in [1.54, 1.807) is 0 Å². The van der Waals surface area contributed by atoms with Gasteiger partial charge in [0, 0.05) is 17.5 Å². The third kappa shape index (κ3) is 3.30. The van der Waals surface area contributed by atoms with Crippen LogP contribution in [-0.4, -0.2) is 30.6 Å². The molecule has 0 radical (unpaired) electrons. The van der Waals surface area contributed by atoms with Crippen molar-refractivity contribution in [2.24, 2.45) is 0 Å². The fourth-order valence-corrected chi connectivity index (χ4v) is 2.77. The molecule has 1 aliphatic heterocycles. The minimum Gasteiger partial charge on any atom is -0.309 e. The van der Waals surface area contributed by atoms with Gasteiger partial charge >= 0.3 is 0 Å². The highest BCUT2D eigenvalue weighted by Crippen LogP contribution is 2.12. The van der Waals surface area contributed by atoms with Gasteiger partial charge in [0.05, 0.1) is 0 Å². The topological polar surface area (TPSA) is 15.3 Å². The molecule has 0 saturated carbocycles. The molecule has 1 aliphatic rings. The van der Waals surface area contributed by atoms with Crippen molar-refractivity contribution in [2.75, 3.05) is 19.6 Å². The van der Waals surface area contributed by atoms with Gasteiger partial charge in [-0.3, -0.25) is 0 Å². The summed E-state index contributed by atoms with van der Waals surface area (Å²) in [7, 11) is 0. The van der Waals surface area contributed by atoms with Crippen LogP contribution >= 0.6 is 11.3 Å². The molecule has 2 nitrogen and oxygen atoms in total. The van der Waals surface area contributed by atoms with Gasteiger partial charge in [0.1, 0.15) is 0 Å². The Balaban J connectivity index is 1.69. The zero-order chi connectivity index (χ0) is 10.5. The molecule has 0 aliphatic carbocycles. The quantitative estimate of drug-likeness (QED) is 0.844. The molecule has 3 heteroatoms. The zero-order valence-electron chi connectivity index (χ0n) is 9.41. The number of thiophene rings is 1. The van der Waals surface area contributed by atoms with Crippen LogP contribution in [0.1, 0.15) is 24.6 Å². The molecule has 1 fully saturated rings. The Morgan fingerprint density at radius 2 is 2.27 bits per heavy atom. The van der Waals surface area contributed by atoms with E-state index in [-0.39, 0.29) is 0 Å². The van der Waals surface area contributed by atoms with Crippen molar-refractivity contribution in [3.63, 3.8) is 0 Å². The largest absolute Gasteiger partial charge is 0.309 e. The SMILES string of the molecule is CCN1CCC(NCc2cccs2)CC1. The van der Waals surface area contributed by atoms with Crippen LogP contribution in [0.5, 0.6) is 0 Å². The summed E-state index contributed by atoms with van der Waals surface area (Å²) in [5.74, 6) is 0. The van der Waals surface area contributed by atoms with Crippen molar-refractivity contribution in [3.05, 3.63) is 22.4 Å². The number of nitrogens with zero attached hydrogens (tertiary/aromatic N) is 1. The first-order valence-electron chi connectivity index (χ1n) is 5.86. The Hall–Kier alpha value is -0.380. The summed E-state index contributed by atoms with van der Waals surface area (Å²) in [4.78, 5) is 3.98. The highest BCUT2D eigenvalue weighted by Gasteiger charge is 2.17. The molecule has 15 heavy (non-hydrogen) atoms. The fourth-order valence-electron chi connectivity index (χ4n) is 2.11. The van der Waals surface area contributed by atoms with E-state index in [0.29, 0.717) is 0 Å². The minimum atomic E-state index is 0.731. The van der Waals surface area contributed by atoms with Gasteiger partial charge in [-0.1, -0.05) is 13.0 Å². The molecule has 0 unspecified atom stereocenters. The van der Waals surface area contributed by atoms with E-state index in [1.165, 1.54) is 37.4 Å². The molecule has 1 N–H and O–H groups in total. The lowest BCUT2D eigenvalue weighted by atomic mass is 10.1. The number of hydrogen-bond donors (Lipinski definition) is 1. The second-order valence-corrected chi connectivity index (χ2v) is 5.20. The zero-order valence-corrected chi connectivity index (χ0v) is 10.2. The summed E-state index contributed by atoms with van der Waals surface area (Å²) in [6, 6.07) is 5.06. The Morgan fingerprint density at radius 3 is 2.87 bits per heavy atom. The fraction of sp³-hybridized carbons (Fsp3) is 0.667. The number of rotatable bonds is 4. The molecule has 2 rings (SSSR count). The number of nitrogens with one attached hydrogen (secondary N) is 1. The lowest BCUT2D eigenvalue weighted by Gasteiger charge is -2.31. The predicted molar refractivity (Wildman–Crippen MR) is 66.3 cm³/mol. The standard InChI is InChI=1S/C12H20N2S/c1-2-14-7-5-11(6-8-14)13-10-12-4-3-9-15-12/h3-4,9,11,13H,2,5-8,10H2,1H3. The summed E-state index contributed by atoms with van der Waals surface area (Å²) in [6.07, 6.45) is 2.61. The van der Waals surface area contributed by atoms with Crippen LogP contribution in [0, 0.1) is 0 Å². The third-order valence-corrected chi connectivity index (χ3v) is 4.06. The second-order valence-electron chi connectivity index (χ2n) is 4.17. The maximum Gasteiger partial charge on any atom is 0.0302 e. The maximum atomic E-state index is 3.65. The van der Waals surface area contributed by atoms with Gasteiger partial charge in [-0.2, -0.15) is 0 Å². The summed E-state index contributed by atoms with van der Waals surface area (Å²) < 4.78 is 0. The van der Waals surface area contributed by atoms with Crippen LogP contribution in [0.3, 0.4) is 0 Å². The monoisotopic (exact) mass is 224 g/mol. The maximum absolute atomic E-state index is 3.65. The summed E-state index contributed by atoms with van der Waals surface area (Å²) >= 11 is 1.84. The molecule has 84 valence electrons. The van der Waals surface area contributed by atoms with E-state index in [9.17, 15) is 0 Å². The molecular weight excluding hydrogens is 204 g/mol. The van der Waals surface area contributed by atoms with Gasteiger partial charge in [-0.25, -0.2) is 0 Å². The highest BCUT2D eigenvalue weighted by atomic mass is 32.1. The summed E-state index contributed by atoms with van der Waals surface area (Å²) in [5, 5.41) is 5.80. The molecular formula is C12H20N2S. The van der Waals surface area contributed by atoms with E-state index in [4.69, 9.17) is 0 Å². The Labute approximate surface area is 96.3 Å². The molecule has 0 bridgehead atoms. The van der Waals surface area contributed by atoms with E-state index in [1.807, 2.05) is 11.3 Å². The van der Waals surface area contributed by atoms with E-state index >= 15 is 0 Å². The van der Waals surface area contributed by atoms with Crippen molar-refractivity contribution in [3.8, 4) is 0 Å². The lowest BCUT2D eigenvalue weighted by Crippen LogP contribution is -2.41. The molecule has 0 aromatic carbocycles. The van der Waals surface area contributed by atoms with Crippen LogP contribution in [0.4, 0.5) is 0 Å². The first-order valence-corrected chi connectivity index (χ1v) is 6.74. The third-order valence-electron chi connectivity index (χ3n) is 3.18. The van der Waals surface area contributed by atoms with Crippen molar-refractivity contribution < 1.29 is 0 Å².